The second kappa shape index (κ2) is 4.05. The molecule has 0 amide bonds. The van der Waals surface area contributed by atoms with Crippen molar-refractivity contribution in [1.82, 2.24) is 0 Å². The van der Waals surface area contributed by atoms with Crippen LogP contribution in [0.1, 0.15) is 20.3 Å². The molecule has 3 heteroatoms. The van der Waals surface area contributed by atoms with Crippen LogP contribution in [-0.2, 0) is 0 Å². The molecule has 2 atom stereocenters. The minimum absolute atomic E-state index is 0.0577. The lowest BCUT2D eigenvalue weighted by molar-refractivity contribution is 0.348. The predicted molar refractivity (Wildman–Crippen MR) is 54.0 cm³/mol. The molecule has 0 radical (unpaired) electrons. The monoisotopic (exact) mass is 202 g/mol. The number of hydrogen-bond acceptors (Lipinski definition) is 2. The second-order valence-corrected chi connectivity index (χ2v) is 3.92. The molecule has 1 aliphatic carbocycles. The summed E-state index contributed by atoms with van der Waals surface area (Å²) in [6, 6.07) is 0. The molecular formula is C10H15ClO2. The van der Waals surface area contributed by atoms with E-state index in [-0.39, 0.29) is 17.6 Å². The lowest BCUT2D eigenvalue weighted by Gasteiger charge is -2.04. The molecule has 0 aromatic carbocycles. The first kappa shape index (κ1) is 10.5. The Hall–Kier alpha value is -0.630. The van der Waals surface area contributed by atoms with Gasteiger partial charge in [-0.05, 0) is 30.9 Å². The molecule has 2 N–H and O–H groups in total. The molecule has 0 heterocycles. The van der Waals surface area contributed by atoms with E-state index < -0.39 is 0 Å². The van der Waals surface area contributed by atoms with Crippen LogP contribution in [0.15, 0.2) is 23.2 Å². The first-order valence-electron chi connectivity index (χ1n) is 4.42. The number of alkyl halides is 1. The molecule has 2 nitrogen and oxygen atoms in total. The lowest BCUT2D eigenvalue weighted by atomic mass is 10.0. The van der Waals surface area contributed by atoms with Gasteiger partial charge in [-0.25, -0.2) is 0 Å². The van der Waals surface area contributed by atoms with Crippen LogP contribution in [0.5, 0.6) is 0 Å². The zero-order valence-corrected chi connectivity index (χ0v) is 8.67. The summed E-state index contributed by atoms with van der Waals surface area (Å²) in [6.45, 7) is 3.62. The van der Waals surface area contributed by atoms with Gasteiger partial charge in [-0.3, -0.25) is 0 Å². The molecule has 13 heavy (non-hydrogen) atoms. The van der Waals surface area contributed by atoms with E-state index in [0.717, 1.165) is 12.0 Å². The summed E-state index contributed by atoms with van der Waals surface area (Å²) in [4.78, 5) is 0. The summed E-state index contributed by atoms with van der Waals surface area (Å²) in [6.07, 6.45) is 2.49. The van der Waals surface area contributed by atoms with Gasteiger partial charge in [0.05, 0.1) is 5.76 Å². The number of rotatable bonds is 2. The van der Waals surface area contributed by atoms with Gasteiger partial charge >= 0.3 is 0 Å². The van der Waals surface area contributed by atoms with Gasteiger partial charge in [0.25, 0.3) is 0 Å². The number of aliphatic hydroxyl groups excluding tert-OH is 2. The summed E-state index contributed by atoms with van der Waals surface area (Å²) >= 11 is 5.69. The van der Waals surface area contributed by atoms with Crippen LogP contribution < -0.4 is 0 Å². The summed E-state index contributed by atoms with van der Waals surface area (Å²) in [5, 5.41) is 18.8. The van der Waals surface area contributed by atoms with E-state index in [1.54, 1.807) is 13.0 Å². The number of allylic oxidation sites excluding steroid dienone is 4. The standard InChI is InChI=1S/C10H15ClO2/c1-6-3-8(5-11)10(13)9(6)4-7(2)12/h4,6,8,12-13H,3,5H2,1-2H3/b7-4+. The molecule has 0 saturated heterocycles. The van der Waals surface area contributed by atoms with E-state index >= 15 is 0 Å². The largest absolute Gasteiger partial charge is 0.513 e. The van der Waals surface area contributed by atoms with E-state index in [1.165, 1.54) is 0 Å². The Bertz CT molecular complexity index is 252. The van der Waals surface area contributed by atoms with Gasteiger partial charge in [-0.1, -0.05) is 6.92 Å². The summed E-state index contributed by atoms with van der Waals surface area (Å²) in [5.74, 6) is 1.35. The third-order valence-corrected chi connectivity index (χ3v) is 2.77. The summed E-state index contributed by atoms with van der Waals surface area (Å²) < 4.78 is 0. The molecule has 0 saturated carbocycles. The lowest BCUT2D eigenvalue weighted by Crippen LogP contribution is -2.00. The smallest absolute Gasteiger partial charge is 0.100 e. The van der Waals surface area contributed by atoms with Gasteiger partial charge in [-0.15, -0.1) is 11.6 Å². The summed E-state index contributed by atoms with van der Waals surface area (Å²) in [7, 11) is 0. The van der Waals surface area contributed by atoms with Crippen molar-refractivity contribution in [2.45, 2.75) is 20.3 Å². The maximum absolute atomic E-state index is 9.71. The third-order valence-electron chi connectivity index (χ3n) is 2.40. The van der Waals surface area contributed by atoms with Crippen LogP contribution in [0, 0.1) is 11.8 Å². The van der Waals surface area contributed by atoms with Crippen molar-refractivity contribution in [3.63, 3.8) is 0 Å². The molecule has 0 aliphatic heterocycles. The molecule has 74 valence electrons. The Morgan fingerprint density at radius 3 is 2.69 bits per heavy atom. The Morgan fingerprint density at radius 1 is 1.69 bits per heavy atom. The molecule has 1 rings (SSSR count). The molecule has 0 spiro atoms. The van der Waals surface area contributed by atoms with Crippen molar-refractivity contribution in [3.8, 4) is 0 Å². The van der Waals surface area contributed by atoms with E-state index in [9.17, 15) is 5.11 Å². The summed E-state index contributed by atoms with van der Waals surface area (Å²) in [5.41, 5.74) is 0.825. The van der Waals surface area contributed by atoms with Crippen molar-refractivity contribution in [3.05, 3.63) is 23.2 Å². The van der Waals surface area contributed by atoms with Crippen molar-refractivity contribution in [2.75, 3.05) is 5.88 Å². The number of hydrogen-bond donors (Lipinski definition) is 2. The van der Waals surface area contributed by atoms with E-state index in [2.05, 4.69) is 0 Å². The fourth-order valence-corrected chi connectivity index (χ4v) is 2.00. The molecule has 1 aliphatic rings. The van der Waals surface area contributed by atoms with Gasteiger partial charge in [0.15, 0.2) is 0 Å². The molecule has 0 aromatic heterocycles. The first-order valence-corrected chi connectivity index (χ1v) is 4.96. The highest BCUT2D eigenvalue weighted by Crippen LogP contribution is 2.36. The van der Waals surface area contributed by atoms with Crippen molar-refractivity contribution in [2.24, 2.45) is 11.8 Å². The highest BCUT2D eigenvalue weighted by atomic mass is 35.5. The normalized spacial score (nSPS) is 29.9. The van der Waals surface area contributed by atoms with Gasteiger partial charge in [0.1, 0.15) is 5.76 Å². The zero-order chi connectivity index (χ0) is 10.0. The fraction of sp³-hybridized carbons (Fsp3) is 0.600. The van der Waals surface area contributed by atoms with Crippen LogP contribution in [0.25, 0.3) is 0 Å². The van der Waals surface area contributed by atoms with Crippen molar-refractivity contribution >= 4 is 11.6 Å². The molecule has 0 aromatic rings. The number of aliphatic hydroxyl groups is 2. The number of halogens is 1. The maximum atomic E-state index is 9.71. The Balaban J connectivity index is 2.92. The van der Waals surface area contributed by atoms with Gasteiger partial charge in [0.2, 0.25) is 0 Å². The predicted octanol–water partition coefficient (Wildman–Crippen LogP) is 3.16. The van der Waals surface area contributed by atoms with Crippen LogP contribution in [-0.4, -0.2) is 16.1 Å². The van der Waals surface area contributed by atoms with Gasteiger partial charge in [0, 0.05) is 11.8 Å². The Labute approximate surface area is 83.5 Å². The highest BCUT2D eigenvalue weighted by molar-refractivity contribution is 6.18. The topological polar surface area (TPSA) is 40.5 Å². The maximum Gasteiger partial charge on any atom is 0.100 e. The van der Waals surface area contributed by atoms with E-state index in [1.807, 2.05) is 6.92 Å². The minimum Gasteiger partial charge on any atom is -0.513 e. The van der Waals surface area contributed by atoms with E-state index in [0.29, 0.717) is 11.6 Å². The quantitative estimate of drug-likeness (QED) is 0.534. The van der Waals surface area contributed by atoms with Crippen LogP contribution >= 0.6 is 11.6 Å². The Kier molecular flexibility index (Phi) is 3.26. The third kappa shape index (κ3) is 2.19. The minimum atomic E-state index is 0.0577. The Morgan fingerprint density at radius 2 is 2.31 bits per heavy atom. The average molecular weight is 203 g/mol. The molecule has 0 bridgehead atoms. The highest BCUT2D eigenvalue weighted by Gasteiger charge is 2.29. The van der Waals surface area contributed by atoms with Gasteiger partial charge in [-0.2, -0.15) is 0 Å². The SMILES string of the molecule is C/C(O)=C\C1=C(O)C(CCl)CC1C. The molecule has 2 unspecified atom stereocenters. The van der Waals surface area contributed by atoms with Crippen molar-refractivity contribution < 1.29 is 10.2 Å². The van der Waals surface area contributed by atoms with Crippen LogP contribution in [0.4, 0.5) is 0 Å². The van der Waals surface area contributed by atoms with Crippen LogP contribution in [0.3, 0.4) is 0 Å². The van der Waals surface area contributed by atoms with E-state index in [4.69, 9.17) is 16.7 Å². The zero-order valence-electron chi connectivity index (χ0n) is 7.92. The molecule has 0 fully saturated rings. The average Bonchev–Trinajstić information content (AvgIpc) is 2.31. The first-order chi connectivity index (χ1) is 6.06. The second-order valence-electron chi connectivity index (χ2n) is 3.61. The van der Waals surface area contributed by atoms with Crippen LogP contribution in [0.2, 0.25) is 0 Å². The molecular weight excluding hydrogens is 188 g/mol. The van der Waals surface area contributed by atoms with Crippen molar-refractivity contribution in [1.29, 1.82) is 0 Å². The van der Waals surface area contributed by atoms with Gasteiger partial charge < -0.3 is 10.2 Å². The fourth-order valence-electron chi connectivity index (χ4n) is 1.73.